The molecule has 1 aromatic carbocycles. The van der Waals surface area contributed by atoms with Crippen molar-refractivity contribution in [3.05, 3.63) is 64.6 Å². The second-order valence-electron chi connectivity index (χ2n) is 6.52. The fraction of sp³-hybridized carbons (Fsp3) is 0.100. The van der Waals surface area contributed by atoms with Crippen molar-refractivity contribution in [1.29, 1.82) is 5.26 Å². The Kier molecular flexibility index (Phi) is 4.31. The van der Waals surface area contributed by atoms with Gasteiger partial charge in [0.2, 0.25) is 0 Å². The molecule has 4 rings (SSSR count). The van der Waals surface area contributed by atoms with Gasteiger partial charge in [-0.05, 0) is 38.1 Å². The van der Waals surface area contributed by atoms with Gasteiger partial charge in [0.05, 0.1) is 17.6 Å². The number of pyridine rings is 1. The van der Waals surface area contributed by atoms with Crippen LogP contribution in [-0.4, -0.2) is 26.1 Å². The zero-order valence-corrected chi connectivity index (χ0v) is 15.4. The molecular weight excluding hydrogens is 378 g/mol. The Morgan fingerprint density at radius 1 is 1.24 bits per heavy atom. The third-order valence-electron chi connectivity index (χ3n) is 4.69. The van der Waals surface area contributed by atoms with Crippen LogP contribution in [0.4, 0.5) is 14.5 Å². The number of nitrogens with one attached hydrogen (secondary N) is 3. The molecule has 4 aromatic rings. The van der Waals surface area contributed by atoms with Crippen LogP contribution >= 0.6 is 0 Å². The second kappa shape index (κ2) is 6.83. The lowest BCUT2D eigenvalue weighted by molar-refractivity contribution is 0.102. The Labute approximate surface area is 163 Å². The quantitative estimate of drug-likeness (QED) is 0.490. The number of H-pyrrole nitrogens is 2. The van der Waals surface area contributed by atoms with Gasteiger partial charge in [-0.1, -0.05) is 0 Å². The molecule has 0 saturated heterocycles. The molecule has 144 valence electrons. The Morgan fingerprint density at radius 3 is 2.72 bits per heavy atom. The number of halogens is 2. The van der Waals surface area contributed by atoms with Crippen molar-refractivity contribution in [3.63, 3.8) is 0 Å². The monoisotopic (exact) mass is 392 g/mol. The first kappa shape index (κ1) is 18.3. The van der Waals surface area contributed by atoms with E-state index in [-0.39, 0.29) is 17.2 Å². The van der Waals surface area contributed by atoms with Crippen LogP contribution in [0.15, 0.2) is 30.5 Å². The molecule has 0 aliphatic heterocycles. The Balaban J connectivity index is 1.68. The molecule has 0 unspecified atom stereocenters. The molecule has 1 amide bonds. The van der Waals surface area contributed by atoms with E-state index in [9.17, 15) is 13.6 Å². The van der Waals surface area contributed by atoms with E-state index in [1.165, 1.54) is 18.3 Å². The van der Waals surface area contributed by atoms with Crippen molar-refractivity contribution in [2.45, 2.75) is 13.8 Å². The molecule has 3 heterocycles. The van der Waals surface area contributed by atoms with E-state index in [2.05, 4.69) is 25.5 Å². The standard InChI is InChI=1S/C20H14F2N6O/c1-9-10(2)27-28-18(9)20(29)25-12-5-11-6-16(26-19(11)24-8-12)13-3-4-15(21)14(7-23)17(13)22/h3-6,8H,1-2H3,(H,24,26)(H,25,29)(H,27,28). The number of amides is 1. The van der Waals surface area contributed by atoms with Gasteiger partial charge >= 0.3 is 0 Å². The van der Waals surface area contributed by atoms with Crippen LogP contribution < -0.4 is 5.32 Å². The summed E-state index contributed by atoms with van der Waals surface area (Å²) in [5.41, 5.74) is 2.47. The summed E-state index contributed by atoms with van der Waals surface area (Å²) in [5, 5.41) is 19.0. The maximum Gasteiger partial charge on any atom is 0.276 e. The van der Waals surface area contributed by atoms with Crippen LogP contribution in [-0.2, 0) is 0 Å². The SMILES string of the molecule is Cc1[nH]nc(C(=O)Nc2cnc3[nH]c(-c4ccc(F)c(C#N)c4F)cc3c2)c1C. The Hall–Kier alpha value is -4.06. The topological polar surface area (TPSA) is 110 Å². The first-order valence-corrected chi connectivity index (χ1v) is 8.59. The third kappa shape index (κ3) is 3.10. The summed E-state index contributed by atoms with van der Waals surface area (Å²) in [4.78, 5) is 19.6. The minimum atomic E-state index is -0.947. The van der Waals surface area contributed by atoms with E-state index < -0.39 is 17.2 Å². The van der Waals surface area contributed by atoms with Gasteiger partial charge in [0.25, 0.3) is 5.91 Å². The fourth-order valence-corrected chi connectivity index (χ4v) is 2.99. The summed E-state index contributed by atoms with van der Waals surface area (Å²) in [7, 11) is 0. The second-order valence-corrected chi connectivity index (χ2v) is 6.52. The van der Waals surface area contributed by atoms with Crippen molar-refractivity contribution < 1.29 is 13.6 Å². The highest BCUT2D eigenvalue weighted by atomic mass is 19.1. The number of anilines is 1. The van der Waals surface area contributed by atoms with Gasteiger partial charge in [0.15, 0.2) is 11.5 Å². The maximum absolute atomic E-state index is 14.5. The largest absolute Gasteiger partial charge is 0.339 e. The van der Waals surface area contributed by atoms with E-state index >= 15 is 0 Å². The van der Waals surface area contributed by atoms with E-state index in [0.29, 0.717) is 22.4 Å². The number of aromatic nitrogens is 4. The van der Waals surface area contributed by atoms with E-state index in [1.807, 2.05) is 6.92 Å². The lowest BCUT2D eigenvalue weighted by Crippen LogP contribution is -2.13. The number of aromatic amines is 2. The first-order valence-electron chi connectivity index (χ1n) is 8.59. The molecule has 3 N–H and O–H groups in total. The minimum Gasteiger partial charge on any atom is -0.339 e. The summed E-state index contributed by atoms with van der Waals surface area (Å²) in [6.07, 6.45) is 1.46. The lowest BCUT2D eigenvalue weighted by atomic mass is 10.1. The molecule has 3 aromatic heterocycles. The molecule has 0 saturated carbocycles. The first-order chi connectivity index (χ1) is 13.9. The lowest BCUT2D eigenvalue weighted by Gasteiger charge is -2.03. The average Bonchev–Trinajstić information content (AvgIpc) is 3.25. The number of carbonyl (C=O) groups excluding carboxylic acids is 1. The zero-order chi connectivity index (χ0) is 20.7. The van der Waals surface area contributed by atoms with Crippen LogP contribution in [0.5, 0.6) is 0 Å². The van der Waals surface area contributed by atoms with Crippen LogP contribution in [0.2, 0.25) is 0 Å². The zero-order valence-electron chi connectivity index (χ0n) is 15.4. The average molecular weight is 392 g/mol. The number of aryl methyl sites for hydroxylation is 1. The van der Waals surface area contributed by atoms with Gasteiger partial charge in [-0.3, -0.25) is 9.89 Å². The predicted molar refractivity (Wildman–Crippen MR) is 102 cm³/mol. The molecule has 9 heteroatoms. The van der Waals surface area contributed by atoms with Gasteiger partial charge < -0.3 is 10.3 Å². The number of hydrogen-bond donors (Lipinski definition) is 3. The number of rotatable bonds is 3. The molecule has 0 radical (unpaired) electrons. The summed E-state index contributed by atoms with van der Waals surface area (Å²) < 4.78 is 28.0. The number of hydrogen-bond acceptors (Lipinski definition) is 4. The summed E-state index contributed by atoms with van der Waals surface area (Å²) in [6.45, 7) is 3.61. The normalized spacial score (nSPS) is 10.9. The van der Waals surface area contributed by atoms with Crippen molar-refractivity contribution >= 4 is 22.6 Å². The van der Waals surface area contributed by atoms with Crippen LogP contribution in [0, 0.1) is 36.8 Å². The molecule has 0 aliphatic carbocycles. The molecule has 7 nitrogen and oxygen atoms in total. The number of nitriles is 1. The Bertz CT molecular complexity index is 1310. The van der Waals surface area contributed by atoms with Crippen molar-refractivity contribution in [3.8, 4) is 17.3 Å². The van der Waals surface area contributed by atoms with E-state index in [1.54, 1.807) is 19.1 Å². The molecule has 29 heavy (non-hydrogen) atoms. The van der Waals surface area contributed by atoms with Gasteiger partial charge in [-0.2, -0.15) is 10.4 Å². The van der Waals surface area contributed by atoms with Crippen LogP contribution in [0.3, 0.4) is 0 Å². The van der Waals surface area contributed by atoms with Gasteiger partial charge in [-0.25, -0.2) is 13.8 Å². The van der Waals surface area contributed by atoms with Crippen molar-refractivity contribution in [2.75, 3.05) is 5.32 Å². The predicted octanol–water partition coefficient (Wildman–Crippen LogP) is 3.97. The molecule has 0 spiro atoms. The molecule has 0 bridgehead atoms. The highest BCUT2D eigenvalue weighted by molar-refractivity contribution is 6.04. The fourth-order valence-electron chi connectivity index (χ4n) is 2.99. The van der Waals surface area contributed by atoms with E-state index in [4.69, 9.17) is 5.26 Å². The molecular formula is C20H14F2N6O. The number of nitrogens with zero attached hydrogens (tertiary/aromatic N) is 3. The molecule has 0 aliphatic rings. The van der Waals surface area contributed by atoms with Gasteiger partial charge in [0.1, 0.15) is 23.1 Å². The summed E-state index contributed by atoms with van der Waals surface area (Å²) >= 11 is 0. The molecule has 0 fully saturated rings. The van der Waals surface area contributed by atoms with Crippen LogP contribution in [0.25, 0.3) is 22.3 Å². The summed E-state index contributed by atoms with van der Waals surface area (Å²) in [6, 6.07) is 7.09. The number of benzene rings is 1. The van der Waals surface area contributed by atoms with Crippen molar-refractivity contribution in [2.24, 2.45) is 0 Å². The minimum absolute atomic E-state index is 0.0501. The highest BCUT2D eigenvalue weighted by Crippen LogP contribution is 2.29. The van der Waals surface area contributed by atoms with Crippen LogP contribution in [0.1, 0.15) is 27.3 Å². The van der Waals surface area contributed by atoms with Crippen molar-refractivity contribution in [1.82, 2.24) is 20.2 Å². The smallest absolute Gasteiger partial charge is 0.276 e. The third-order valence-corrected chi connectivity index (χ3v) is 4.69. The van der Waals surface area contributed by atoms with E-state index in [0.717, 1.165) is 17.3 Å². The molecule has 0 atom stereocenters. The number of fused-ring (bicyclic) bond motifs is 1. The highest BCUT2D eigenvalue weighted by Gasteiger charge is 2.18. The number of carbonyl (C=O) groups is 1. The van der Waals surface area contributed by atoms with Gasteiger partial charge in [0, 0.05) is 22.2 Å². The maximum atomic E-state index is 14.5. The Morgan fingerprint density at radius 2 is 2.03 bits per heavy atom. The summed E-state index contributed by atoms with van der Waals surface area (Å²) in [5.74, 6) is -2.25. The van der Waals surface area contributed by atoms with Gasteiger partial charge in [-0.15, -0.1) is 0 Å².